The average Bonchev–Trinajstić information content (AvgIpc) is 2.47. The molecule has 0 radical (unpaired) electrons. The van der Waals surface area contributed by atoms with Crippen LogP contribution in [0.15, 0.2) is 0 Å². The van der Waals surface area contributed by atoms with Gasteiger partial charge in [0.15, 0.2) is 0 Å². The molecule has 1 atom stereocenters. The number of hydrogen-bond acceptors (Lipinski definition) is 3. The smallest absolute Gasteiger partial charge is 0.211 e. The van der Waals surface area contributed by atoms with E-state index in [4.69, 9.17) is 0 Å². The van der Waals surface area contributed by atoms with Gasteiger partial charge in [0.2, 0.25) is 10.0 Å². The fourth-order valence-electron chi connectivity index (χ4n) is 1.67. The van der Waals surface area contributed by atoms with Crippen molar-refractivity contribution in [3.63, 3.8) is 0 Å². The van der Waals surface area contributed by atoms with Gasteiger partial charge in [-0.15, -0.1) is 0 Å². The monoisotopic (exact) mass is 220 g/mol. The van der Waals surface area contributed by atoms with E-state index in [0.29, 0.717) is 25.0 Å². The maximum Gasteiger partial charge on any atom is 0.211 e. The van der Waals surface area contributed by atoms with E-state index < -0.39 is 10.0 Å². The van der Waals surface area contributed by atoms with Gasteiger partial charge in [-0.25, -0.2) is 12.7 Å². The molecule has 1 fully saturated rings. The van der Waals surface area contributed by atoms with Crippen LogP contribution < -0.4 is 5.32 Å². The van der Waals surface area contributed by atoms with E-state index in [-0.39, 0.29) is 0 Å². The van der Waals surface area contributed by atoms with Crippen molar-refractivity contribution in [2.45, 2.75) is 26.3 Å². The van der Waals surface area contributed by atoms with Crippen LogP contribution in [0.2, 0.25) is 0 Å². The number of sulfonamides is 1. The van der Waals surface area contributed by atoms with Gasteiger partial charge in [0, 0.05) is 19.1 Å². The van der Waals surface area contributed by atoms with Crippen molar-refractivity contribution in [3.05, 3.63) is 0 Å². The minimum absolute atomic E-state index is 0.474. The van der Waals surface area contributed by atoms with Gasteiger partial charge in [-0.3, -0.25) is 0 Å². The van der Waals surface area contributed by atoms with Crippen LogP contribution in [0.4, 0.5) is 0 Å². The van der Waals surface area contributed by atoms with Crippen LogP contribution in [0, 0.1) is 5.92 Å². The molecular formula is C9H20N2O2S. The van der Waals surface area contributed by atoms with Gasteiger partial charge < -0.3 is 5.32 Å². The van der Waals surface area contributed by atoms with Gasteiger partial charge in [0.25, 0.3) is 0 Å². The molecule has 0 aromatic carbocycles. The van der Waals surface area contributed by atoms with E-state index in [2.05, 4.69) is 19.2 Å². The summed E-state index contributed by atoms with van der Waals surface area (Å²) in [5.74, 6) is 0.479. The van der Waals surface area contributed by atoms with Crippen LogP contribution in [0.5, 0.6) is 0 Å². The van der Waals surface area contributed by atoms with E-state index in [9.17, 15) is 8.42 Å². The fraction of sp³-hybridized carbons (Fsp3) is 1.00. The standard InChI is InChI=1S/C9H20N2O2S/c1-8(2)10-6-9-4-5-11(7-9)14(3,12)13/h8-10H,4-7H2,1-3H3. The van der Waals surface area contributed by atoms with Gasteiger partial charge in [-0.1, -0.05) is 13.8 Å². The average molecular weight is 220 g/mol. The van der Waals surface area contributed by atoms with Crippen molar-refractivity contribution in [2.75, 3.05) is 25.9 Å². The van der Waals surface area contributed by atoms with Crippen molar-refractivity contribution in [2.24, 2.45) is 5.92 Å². The van der Waals surface area contributed by atoms with E-state index in [1.165, 1.54) is 6.26 Å². The molecule has 5 heteroatoms. The second-order valence-corrected chi connectivity index (χ2v) is 6.32. The van der Waals surface area contributed by atoms with Crippen LogP contribution in [0.3, 0.4) is 0 Å². The zero-order chi connectivity index (χ0) is 10.8. The SMILES string of the molecule is CC(C)NCC1CCN(S(C)(=O)=O)C1. The van der Waals surface area contributed by atoms with E-state index in [1.807, 2.05) is 0 Å². The Hall–Kier alpha value is -0.130. The summed E-state index contributed by atoms with van der Waals surface area (Å²) < 4.78 is 24.0. The second-order valence-electron chi connectivity index (χ2n) is 4.34. The molecule has 1 rings (SSSR count). The Labute approximate surface area is 86.7 Å². The summed E-state index contributed by atoms with van der Waals surface area (Å²) in [4.78, 5) is 0. The predicted octanol–water partition coefficient (Wildman–Crippen LogP) is 0.266. The maximum absolute atomic E-state index is 11.2. The zero-order valence-electron chi connectivity index (χ0n) is 9.16. The minimum Gasteiger partial charge on any atom is -0.314 e. The Morgan fingerprint density at radius 2 is 2.14 bits per heavy atom. The van der Waals surface area contributed by atoms with Crippen molar-refractivity contribution in [1.29, 1.82) is 0 Å². The highest BCUT2D eigenvalue weighted by Crippen LogP contribution is 2.17. The highest BCUT2D eigenvalue weighted by Gasteiger charge is 2.28. The summed E-state index contributed by atoms with van der Waals surface area (Å²) in [6.45, 7) is 6.48. The molecule has 0 aromatic rings. The molecule has 1 unspecified atom stereocenters. The quantitative estimate of drug-likeness (QED) is 0.739. The molecule has 1 aliphatic rings. The number of rotatable bonds is 4. The first kappa shape index (κ1) is 11.9. The first-order valence-electron chi connectivity index (χ1n) is 5.08. The number of hydrogen-bond donors (Lipinski definition) is 1. The second kappa shape index (κ2) is 4.59. The maximum atomic E-state index is 11.2. The molecule has 0 amide bonds. The van der Waals surface area contributed by atoms with Gasteiger partial charge in [-0.05, 0) is 18.9 Å². The summed E-state index contributed by atoms with van der Waals surface area (Å²) in [5.41, 5.74) is 0. The van der Waals surface area contributed by atoms with Crippen LogP contribution >= 0.6 is 0 Å². The third kappa shape index (κ3) is 3.55. The Kier molecular flexibility index (Phi) is 3.92. The highest BCUT2D eigenvalue weighted by molar-refractivity contribution is 7.88. The lowest BCUT2D eigenvalue weighted by molar-refractivity contribution is 0.436. The van der Waals surface area contributed by atoms with Gasteiger partial charge in [0.1, 0.15) is 0 Å². The molecule has 84 valence electrons. The van der Waals surface area contributed by atoms with Gasteiger partial charge >= 0.3 is 0 Å². The van der Waals surface area contributed by atoms with Crippen molar-refractivity contribution >= 4 is 10.0 Å². The number of nitrogens with one attached hydrogen (secondary N) is 1. The lowest BCUT2D eigenvalue weighted by Gasteiger charge is -2.15. The van der Waals surface area contributed by atoms with Gasteiger partial charge in [-0.2, -0.15) is 0 Å². The van der Waals surface area contributed by atoms with Crippen molar-refractivity contribution < 1.29 is 8.42 Å². The molecule has 1 heterocycles. The fourth-order valence-corrected chi connectivity index (χ4v) is 2.59. The van der Waals surface area contributed by atoms with E-state index in [0.717, 1.165) is 13.0 Å². The molecule has 0 spiro atoms. The first-order valence-corrected chi connectivity index (χ1v) is 6.93. The lowest BCUT2D eigenvalue weighted by Crippen LogP contribution is -2.32. The molecular weight excluding hydrogens is 200 g/mol. The Morgan fingerprint density at radius 3 is 2.57 bits per heavy atom. The van der Waals surface area contributed by atoms with Crippen LogP contribution in [0.25, 0.3) is 0 Å². The van der Waals surface area contributed by atoms with Crippen LogP contribution in [-0.4, -0.2) is 44.7 Å². The Morgan fingerprint density at radius 1 is 1.50 bits per heavy atom. The predicted molar refractivity (Wildman–Crippen MR) is 57.7 cm³/mol. The lowest BCUT2D eigenvalue weighted by atomic mass is 10.1. The molecule has 1 aliphatic heterocycles. The summed E-state index contributed by atoms with van der Waals surface area (Å²) in [5, 5.41) is 3.34. The highest BCUT2D eigenvalue weighted by atomic mass is 32.2. The Balaban J connectivity index is 2.35. The molecule has 4 nitrogen and oxygen atoms in total. The van der Waals surface area contributed by atoms with Crippen LogP contribution in [-0.2, 0) is 10.0 Å². The molecule has 1 N–H and O–H groups in total. The summed E-state index contributed by atoms with van der Waals surface area (Å²) >= 11 is 0. The van der Waals surface area contributed by atoms with Crippen molar-refractivity contribution in [3.8, 4) is 0 Å². The third-order valence-corrected chi connectivity index (χ3v) is 3.80. The van der Waals surface area contributed by atoms with E-state index in [1.54, 1.807) is 4.31 Å². The topological polar surface area (TPSA) is 49.4 Å². The molecule has 0 bridgehead atoms. The molecule has 1 saturated heterocycles. The molecule has 14 heavy (non-hydrogen) atoms. The van der Waals surface area contributed by atoms with Gasteiger partial charge in [0.05, 0.1) is 6.26 Å². The Bertz CT molecular complexity index is 275. The third-order valence-electron chi connectivity index (χ3n) is 2.53. The van der Waals surface area contributed by atoms with Crippen LogP contribution in [0.1, 0.15) is 20.3 Å². The first-order chi connectivity index (χ1) is 6.39. The molecule has 0 saturated carbocycles. The summed E-state index contributed by atoms with van der Waals surface area (Å²) in [6.07, 6.45) is 2.26. The van der Waals surface area contributed by atoms with E-state index >= 15 is 0 Å². The minimum atomic E-state index is -2.97. The zero-order valence-corrected chi connectivity index (χ0v) is 9.97. The normalized spacial score (nSPS) is 24.7. The largest absolute Gasteiger partial charge is 0.314 e. The molecule has 0 aromatic heterocycles. The number of nitrogens with zero attached hydrogens (tertiary/aromatic N) is 1. The van der Waals surface area contributed by atoms with Crippen molar-refractivity contribution in [1.82, 2.24) is 9.62 Å². The summed E-state index contributed by atoms with van der Waals surface area (Å²) in [6, 6.07) is 0.474. The summed E-state index contributed by atoms with van der Waals surface area (Å²) in [7, 11) is -2.97. The molecule has 0 aliphatic carbocycles.